The maximum Gasteiger partial charge on any atom is 0.329 e. The van der Waals surface area contributed by atoms with E-state index in [1.54, 1.807) is 12.1 Å². The molecule has 0 aliphatic carbocycles. The third-order valence-electron chi connectivity index (χ3n) is 3.52. The number of halogens is 2. The van der Waals surface area contributed by atoms with Gasteiger partial charge in [0.15, 0.2) is 0 Å². The van der Waals surface area contributed by atoms with Gasteiger partial charge < -0.3 is 5.32 Å². The zero-order chi connectivity index (χ0) is 14.2. The standard InChI is InChI=1S/C13H14Cl2N2O2/c1-3-13(4-2)11(18)17(12(19)16-13)10-7-8(14)5-6-9(10)15/h5-7H,3-4H2,1-2H3,(H,16,19). The molecule has 2 rings (SSSR count). The lowest BCUT2D eigenvalue weighted by molar-refractivity contribution is -0.122. The second kappa shape index (κ2) is 5.02. The second-order valence-electron chi connectivity index (χ2n) is 4.46. The molecular weight excluding hydrogens is 287 g/mol. The minimum atomic E-state index is -0.845. The molecule has 102 valence electrons. The number of rotatable bonds is 3. The van der Waals surface area contributed by atoms with E-state index in [4.69, 9.17) is 23.2 Å². The Bertz CT molecular complexity index is 541. The first-order valence-corrected chi connectivity index (χ1v) is 6.82. The summed E-state index contributed by atoms with van der Waals surface area (Å²) >= 11 is 12.0. The Labute approximate surface area is 121 Å². The number of anilines is 1. The Balaban J connectivity index is 2.49. The van der Waals surface area contributed by atoms with Gasteiger partial charge >= 0.3 is 6.03 Å². The lowest BCUT2D eigenvalue weighted by Gasteiger charge is -2.23. The highest BCUT2D eigenvalue weighted by Gasteiger charge is 2.49. The number of hydrogen-bond acceptors (Lipinski definition) is 2. The number of nitrogens with one attached hydrogen (secondary N) is 1. The lowest BCUT2D eigenvalue weighted by atomic mass is 9.93. The third kappa shape index (κ3) is 2.19. The van der Waals surface area contributed by atoms with E-state index in [0.29, 0.717) is 28.6 Å². The highest BCUT2D eigenvalue weighted by molar-refractivity contribution is 6.37. The van der Waals surface area contributed by atoms with Crippen LogP contribution in [0.15, 0.2) is 18.2 Å². The van der Waals surface area contributed by atoms with Crippen LogP contribution in [0.3, 0.4) is 0 Å². The van der Waals surface area contributed by atoms with E-state index >= 15 is 0 Å². The van der Waals surface area contributed by atoms with Crippen molar-refractivity contribution in [3.8, 4) is 0 Å². The molecule has 4 nitrogen and oxygen atoms in total. The van der Waals surface area contributed by atoms with Gasteiger partial charge in [-0.25, -0.2) is 9.69 Å². The van der Waals surface area contributed by atoms with Crippen LogP contribution >= 0.6 is 23.2 Å². The van der Waals surface area contributed by atoms with Crippen LogP contribution in [0.2, 0.25) is 10.0 Å². The molecule has 1 fully saturated rings. The normalized spacial score (nSPS) is 17.8. The summed E-state index contributed by atoms with van der Waals surface area (Å²) in [6.07, 6.45) is 1.06. The smallest absolute Gasteiger partial charge is 0.323 e. The number of carbonyl (C=O) groups is 2. The Hall–Kier alpha value is -1.26. The van der Waals surface area contributed by atoms with Gasteiger partial charge in [-0.2, -0.15) is 0 Å². The first-order chi connectivity index (χ1) is 8.95. The van der Waals surface area contributed by atoms with Crippen LogP contribution in [0.1, 0.15) is 26.7 Å². The van der Waals surface area contributed by atoms with Crippen molar-refractivity contribution in [2.45, 2.75) is 32.2 Å². The summed E-state index contributed by atoms with van der Waals surface area (Å²) in [6, 6.07) is 4.23. The van der Waals surface area contributed by atoms with E-state index in [9.17, 15) is 9.59 Å². The van der Waals surface area contributed by atoms with E-state index in [-0.39, 0.29) is 5.91 Å². The van der Waals surface area contributed by atoms with Crippen LogP contribution in [0.5, 0.6) is 0 Å². The largest absolute Gasteiger partial charge is 0.329 e. The average Bonchev–Trinajstić information content (AvgIpc) is 2.64. The molecule has 0 unspecified atom stereocenters. The molecule has 0 spiro atoms. The van der Waals surface area contributed by atoms with Crippen LogP contribution in [-0.2, 0) is 4.79 Å². The van der Waals surface area contributed by atoms with Crippen molar-refractivity contribution in [1.82, 2.24) is 5.32 Å². The monoisotopic (exact) mass is 300 g/mol. The van der Waals surface area contributed by atoms with Gasteiger partial charge in [0, 0.05) is 5.02 Å². The van der Waals surface area contributed by atoms with Crippen molar-refractivity contribution in [3.63, 3.8) is 0 Å². The minimum absolute atomic E-state index is 0.285. The number of urea groups is 1. The van der Waals surface area contributed by atoms with Gasteiger partial charge in [0.1, 0.15) is 5.54 Å². The Morgan fingerprint density at radius 2 is 1.84 bits per heavy atom. The fraction of sp³-hybridized carbons (Fsp3) is 0.385. The summed E-state index contributed by atoms with van der Waals surface area (Å²) in [7, 11) is 0. The van der Waals surface area contributed by atoms with E-state index in [1.165, 1.54) is 6.07 Å². The maximum atomic E-state index is 12.5. The van der Waals surface area contributed by atoms with Crippen LogP contribution in [0, 0.1) is 0 Å². The van der Waals surface area contributed by atoms with Crippen molar-refractivity contribution in [1.29, 1.82) is 0 Å². The topological polar surface area (TPSA) is 49.4 Å². The molecule has 0 bridgehead atoms. The molecule has 1 aromatic carbocycles. The summed E-state index contributed by atoms with van der Waals surface area (Å²) in [5, 5.41) is 3.48. The Morgan fingerprint density at radius 3 is 2.37 bits per heavy atom. The molecule has 1 aromatic rings. The lowest BCUT2D eigenvalue weighted by Crippen LogP contribution is -2.45. The Morgan fingerprint density at radius 1 is 1.21 bits per heavy atom. The molecule has 19 heavy (non-hydrogen) atoms. The number of amides is 3. The van der Waals surface area contributed by atoms with Crippen molar-refractivity contribution in [2.75, 3.05) is 4.90 Å². The summed E-state index contributed by atoms with van der Waals surface area (Å²) in [4.78, 5) is 25.6. The number of carbonyl (C=O) groups excluding carboxylic acids is 2. The molecule has 0 atom stereocenters. The molecule has 1 N–H and O–H groups in total. The van der Waals surface area contributed by atoms with Gasteiger partial charge in [-0.15, -0.1) is 0 Å². The number of benzene rings is 1. The molecule has 3 amide bonds. The summed E-state index contributed by atoms with van der Waals surface area (Å²) in [5.74, 6) is -0.285. The van der Waals surface area contributed by atoms with Crippen LogP contribution in [0.25, 0.3) is 0 Å². The van der Waals surface area contributed by atoms with Crippen LogP contribution < -0.4 is 10.2 Å². The molecule has 0 aromatic heterocycles. The molecule has 1 saturated heterocycles. The van der Waals surface area contributed by atoms with Gasteiger partial charge in [0.05, 0.1) is 10.7 Å². The number of hydrogen-bond donors (Lipinski definition) is 1. The van der Waals surface area contributed by atoms with Gasteiger partial charge in [-0.1, -0.05) is 37.0 Å². The highest BCUT2D eigenvalue weighted by Crippen LogP contribution is 2.35. The Kier molecular flexibility index (Phi) is 3.74. The molecule has 1 aliphatic heterocycles. The molecular formula is C13H14Cl2N2O2. The first-order valence-electron chi connectivity index (χ1n) is 6.07. The van der Waals surface area contributed by atoms with Crippen molar-refractivity contribution < 1.29 is 9.59 Å². The first kappa shape index (κ1) is 14.2. The minimum Gasteiger partial charge on any atom is -0.323 e. The van der Waals surface area contributed by atoms with Gasteiger partial charge in [-0.05, 0) is 31.0 Å². The van der Waals surface area contributed by atoms with Gasteiger partial charge in [-0.3, -0.25) is 4.79 Å². The molecule has 1 aliphatic rings. The second-order valence-corrected chi connectivity index (χ2v) is 5.30. The molecule has 0 radical (unpaired) electrons. The quantitative estimate of drug-likeness (QED) is 0.867. The zero-order valence-corrected chi connectivity index (χ0v) is 12.2. The predicted octanol–water partition coefficient (Wildman–Crippen LogP) is 3.61. The third-order valence-corrected chi connectivity index (χ3v) is 4.07. The van der Waals surface area contributed by atoms with Crippen LogP contribution in [-0.4, -0.2) is 17.5 Å². The van der Waals surface area contributed by atoms with Crippen molar-refractivity contribution in [3.05, 3.63) is 28.2 Å². The van der Waals surface area contributed by atoms with Crippen molar-refractivity contribution in [2.24, 2.45) is 0 Å². The van der Waals surface area contributed by atoms with E-state index < -0.39 is 11.6 Å². The molecule has 6 heteroatoms. The highest BCUT2D eigenvalue weighted by atomic mass is 35.5. The summed E-state index contributed by atoms with van der Waals surface area (Å²) in [6.45, 7) is 3.73. The van der Waals surface area contributed by atoms with Gasteiger partial charge in [0.2, 0.25) is 0 Å². The SMILES string of the molecule is CCC1(CC)NC(=O)N(c2cc(Cl)ccc2Cl)C1=O. The maximum absolute atomic E-state index is 12.5. The predicted molar refractivity (Wildman–Crippen MR) is 75.8 cm³/mol. The zero-order valence-electron chi connectivity index (χ0n) is 10.7. The number of imide groups is 1. The average molecular weight is 301 g/mol. The van der Waals surface area contributed by atoms with E-state index in [2.05, 4.69) is 5.32 Å². The van der Waals surface area contributed by atoms with Crippen LogP contribution in [0.4, 0.5) is 10.5 Å². The molecule has 0 saturated carbocycles. The van der Waals surface area contributed by atoms with Crippen molar-refractivity contribution >= 4 is 40.8 Å². The fourth-order valence-electron chi connectivity index (χ4n) is 2.23. The number of nitrogens with zero attached hydrogens (tertiary/aromatic N) is 1. The van der Waals surface area contributed by atoms with Gasteiger partial charge in [0.25, 0.3) is 5.91 Å². The summed E-state index contributed by atoms with van der Waals surface area (Å²) < 4.78 is 0. The van der Waals surface area contributed by atoms with E-state index in [1.807, 2.05) is 13.8 Å². The molecule has 1 heterocycles. The summed E-state index contributed by atoms with van der Waals surface area (Å²) in [5.41, 5.74) is -0.525. The van der Waals surface area contributed by atoms with E-state index in [0.717, 1.165) is 4.90 Å². The fourth-order valence-corrected chi connectivity index (χ4v) is 2.59.